The van der Waals surface area contributed by atoms with E-state index < -0.39 is 5.97 Å². The van der Waals surface area contributed by atoms with Gasteiger partial charge in [0.25, 0.3) is 0 Å². The second-order valence-electron chi connectivity index (χ2n) is 3.44. The average Bonchev–Trinajstić information content (AvgIpc) is 2.26. The van der Waals surface area contributed by atoms with E-state index in [2.05, 4.69) is 5.32 Å². The molecule has 0 atom stereocenters. The molecular weight excluding hydrogens is 244 g/mol. The number of carboxylic acid groups (broad SMARTS) is 1. The van der Waals surface area contributed by atoms with Crippen molar-refractivity contribution >= 4 is 29.2 Å². The third kappa shape index (κ3) is 4.05. The lowest BCUT2D eigenvalue weighted by Gasteiger charge is -2.06. The number of carbonyl (C=O) groups is 2. The molecule has 1 rings (SSSR count). The Morgan fingerprint density at radius 3 is 2.65 bits per heavy atom. The highest BCUT2D eigenvalue weighted by Crippen LogP contribution is 2.21. The van der Waals surface area contributed by atoms with Crippen molar-refractivity contribution in [2.24, 2.45) is 5.73 Å². The minimum absolute atomic E-state index is 0.00613. The van der Waals surface area contributed by atoms with Gasteiger partial charge in [0.1, 0.15) is 0 Å². The Balaban J connectivity index is 2.70. The monoisotopic (exact) mass is 256 g/mol. The van der Waals surface area contributed by atoms with Crippen LogP contribution in [0.1, 0.15) is 23.2 Å². The van der Waals surface area contributed by atoms with Gasteiger partial charge >= 0.3 is 5.97 Å². The molecule has 1 aromatic rings. The first-order chi connectivity index (χ1) is 8.04. The summed E-state index contributed by atoms with van der Waals surface area (Å²) in [5.74, 6) is -1.27. The van der Waals surface area contributed by atoms with Crippen LogP contribution in [0.4, 0.5) is 5.69 Å². The number of hydrogen-bond donors (Lipinski definition) is 3. The predicted octanol–water partition coefficient (Wildman–Crippen LogP) is 1.72. The van der Waals surface area contributed by atoms with E-state index in [9.17, 15) is 9.59 Å². The molecule has 0 aliphatic carbocycles. The number of nitrogens with one attached hydrogen (secondary N) is 1. The van der Waals surface area contributed by atoms with Gasteiger partial charge in [-0.1, -0.05) is 11.6 Å². The largest absolute Gasteiger partial charge is 0.478 e. The van der Waals surface area contributed by atoms with Crippen LogP contribution < -0.4 is 11.1 Å². The Morgan fingerprint density at radius 1 is 1.41 bits per heavy atom. The number of amides is 1. The van der Waals surface area contributed by atoms with Crippen LogP contribution in [-0.2, 0) is 4.79 Å². The summed E-state index contributed by atoms with van der Waals surface area (Å²) in [6, 6.07) is 4.25. The number of anilines is 1. The quantitative estimate of drug-likeness (QED) is 0.748. The summed E-state index contributed by atoms with van der Waals surface area (Å²) >= 11 is 5.76. The van der Waals surface area contributed by atoms with Crippen molar-refractivity contribution in [1.29, 1.82) is 0 Å². The molecule has 0 aromatic heterocycles. The molecule has 5 nitrogen and oxygen atoms in total. The zero-order chi connectivity index (χ0) is 12.8. The normalized spacial score (nSPS) is 10.0. The van der Waals surface area contributed by atoms with Crippen LogP contribution in [0.3, 0.4) is 0 Å². The van der Waals surface area contributed by atoms with E-state index in [0.717, 1.165) is 0 Å². The molecule has 0 radical (unpaired) electrons. The Labute approximate surface area is 104 Å². The van der Waals surface area contributed by atoms with Crippen LogP contribution in [0.25, 0.3) is 0 Å². The van der Waals surface area contributed by atoms with Crippen LogP contribution >= 0.6 is 11.6 Å². The maximum atomic E-state index is 11.4. The molecule has 0 aliphatic rings. The maximum absolute atomic E-state index is 11.4. The van der Waals surface area contributed by atoms with E-state index in [1.807, 2.05) is 0 Å². The molecule has 0 aliphatic heterocycles. The van der Waals surface area contributed by atoms with Crippen molar-refractivity contribution in [3.8, 4) is 0 Å². The topological polar surface area (TPSA) is 92.4 Å². The van der Waals surface area contributed by atoms with Gasteiger partial charge < -0.3 is 16.2 Å². The summed E-state index contributed by atoms with van der Waals surface area (Å²) in [5, 5.41) is 11.5. The summed E-state index contributed by atoms with van der Waals surface area (Å²) in [7, 11) is 0. The SMILES string of the molecule is NCCCC(=O)Nc1ccc(C(=O)O)c(Cl)c1. The highest BCUT2D eigenvalue weighted by atomic mass is 35.5. The third-order valence-electron chi connectivity index (χ3n) is 2.09. The summed E-state index contributed by atoms with van der Waals surface area (Å²) in [6.45, 7) is 0.451. The molecule has 0 unspecified atom stereocenters. The van der Waals surface area contributed by atoms with E-state index in [1.54, 1.807) is 0 Å². The molecule has 1 aromatic carbocycles. The van der Waals surface area contributed by atoms with Crippen molar-refractivity contribution in [1.82, 2.24) is 0 Å². The number of aromatic carboxylic acids is 1. The summed E-state index contributed by atoms with van der Waals surface area (Å²) < 4.78 is 0. The Morgan fingerprint density at radius 2 is 2.12 bits per heavy atom. The van der Waals surface area contributed by atoms with Gasteiger partial charge in [0.2, 0.25) is 5.91 Å². The zero-order valence-corrected chi connectivity index (χ0v) is 9.83. The molecule has 0 saturated heterocycles. The summed E-state index contributed by atoms with van der Waals surface area (Å²) in [4.78, 5) is 22.1. The van der Waals surface area contributed by atoms with Crippen LogP contribution in [0.5, 0.6) is 0 Å². The molecule has 0 heterocycles. The van der Waals surface area contributed by atoms with Crippen molar-refractivity contribution in [2.45, 2.75) is 12.8 Å². The van der Waals surface area contributed by atoms with E-state index in [4.69, 9.17) is 22.4 Å². The lowest BCUT2D eigenvalue weighted by molar-refractivity contribution is -0.116. The van der Waals surface area contributed by atoms with Gasteiger partial charge in [0, 0.05) is 12.1 Å². The van der Waals surface area contributed by atoms with E-state index in [0.29, 0.717) is 25.1 Å². The third-order valence-corrected chi connectivity index (χ3v) is 2.40. The van der Waals surface area contributed by atoms with E-state index in [1.165, 1.54) is 18.2 Å². The van der Waals surface area contributed by atoms with Gasteiger partial charge in [-0.05, 0) is 31.2 Å². The lowest BCUT2D eigenvalue weighted by Crippen LogP contribution is -2.13. The van der Waals surface area contributed by atoms with Crippen molar-refractivity contribution in [3.05, 3.63) is 28.8 Å². The first-order valence-corrected chi connectivity index (χ1v) is 5.45. The summed E-state index contributed by atoms with van der Waals surface area (Å²) in [6.07, 6.45) is 0.932. The van der Waals surface area contributed by atoms with E-state index >= 15 is 0 Å². The van der Waals surface area contributed by atoms with E-state index in [-0.39, 0.29) is 16.5 Å². The number of hydrogen-bond acceptors (Lipinski definition) is 3. The Bertz CT molecular complexity index is 435. The van der Waals surface area contributed by atoms with Crippen molar-refractivity contribution < 1.29 is 14.7 Å². The fourth-order valence-electron chi connectivity index (χ4n) is 1.25. The second kappa shape index (κ2) is 6.22. The summed E-state index contributed by atoms with van der Waals surface area (Å²) in [5.41, 5.74) is 5.76. The Kier molecular flexibility index (Phi) is 4.93. The van der Waals surface area contributed by atoms with Crippen LogP contribution in [0.2, 0.25) is 5.02 Å². The van der Waals surface area contributed by atoms with Gasteiger partial charge in [-0.15, -0.1) is 0 Å². The molecule has 92 valence electrons. The molecule has 17 heavy (non-hydrogen) atoms. The molecular formula is C11H13ClN2O3. The average molecular weight is 257 g/mol. The van der Waals surface area contributed by atoms with Crippen molar-refractivity contribution in [3.63, 3.8) is 0 Å². The van der Waals surface area contributed by atoms with Gasteiger partial charge in [0.15, 0.2) is 0 Å². The van der Waals surface area contributed by atoms with Gasteiger partial charge in [-0.2, -0.15) is 0 Å². The first kappa shape index (κ1) is 13.5. The minimum atomic E-state index is -1.10. The second-order valence-corrected chi connectivity index (χ2v) is 3.85. The highest BCUT2D eigenvalue weighted by molar-refractivity contribution is 6.33. The predicted molar refractivity (Wildman–Crippen MR) is 65.3 cm³/mol. The molecule has 0 spiro atoms. The fourth-order valence-corrected chi connectivity index (χ4v) is 1.51. The smallest absolute Gasteiger partial charge is 0.337 e. The lowest BCUT2D eigenvalue weighted by atomic mass is 10.2. The van der Waals surface area contributed by atoms with Gasteiger partial charge in [-0.3, -0.25) is 4.79 Å². The van der Waals surface area contributed by atoms with Gasteiger partial charge in [0.05, 0.1) is 10.6 Å². The fraction of sp³-hybridized carbons (Fsp3) is 0.273. The Hall–Kier alpha value is -1.59. The zero-order valence-electron chi connectivity index (χ0n) is 9.07. The first-order valence-electron chi connectivity index (χ1n) is 5.07. The van der Waals surface area contributed by atoms with Crippen LogP contribution in [0.15, 0.2) is 18.2 Å². The van der Waals surface area contributed by atoms with Crippen LogP contribution in [-0.4, -0.2) is 23.5 Å². The van der Waals surface area contributed by atoms with Crippen molar-refractivity contribution in [2.75, 3.05) is 11.9 Å². The van der Waals surface area contributed by atoms with Gasteiger partial charge in [-0.25, -0.2) is 4.79 Å². The number of benzene rings is 1. The minimum Gasteiger partial charge on any atom is -0.478 e. The number of halogens is 1. The highest BCUT2D eigenvalue weighted by Gasteiger charge is 2.09. The number of nitrogens with two attached hydrogens (primary N) is 1. The van der Waals surface area contributed by atoms with Crippen LogP contribution in [0, 0.1) is 0 Å². The molecule has 0 fully saturated rings. The standard InChI is InChI=1S/C11H13ClN2O3/c12-9-6-7(3-4-8(9)11(16)17)14-10(15)2-1-5-13/h3-4,6H,1-2,5,13H2,(H,14,15)(H,16,17). The molecule has 4 N–H and O–H groups in total. The molecule has 6 heteroatoms. The number of carbonyl (C=O) groups excluding carboxylic acids is 1. The molecule has 0 bridgehead atoms. The molecule has 1 amide bonds. The number of rotatable bonds is 5. The number of carboxylic acids is 1. The maximum Gasteiger partial charge on any atom is 0.337 e. The molecule has 0 saturated carbocycles.